The van der Waals surface area contributed by atoms with Crippen LogP contribution in [0.2, 0.25) is 0 Å². The fourth-order valence-electron chi connectivity index (χ4n) is 1.91. The van der Waals surface area contributed by atoms with Crippen molar-refractivity contribution in [3.63, 3.8) is 0 Å². The topological polar surface area (TPSA) is 90.5 Å². The number of rotatable bonds is 8. The quantitative estimate of drug-likeness (QED) is 0.246. The summed E-state index contributed by atoms with van der Waals surface area (Å²) in [6.07, 6.45) is 4.88. The first-order chi connectivity index (χ1) is 12.0. The first-order valence-electron chi connectivity index (χ1n) is 9.08. The molecule has 0 aromatic carbocycles. The van der Waals surface area contributed by atoms with E-state index in [-0.39, 0.29) is 42.9 Å². The standard InChI is InChI=1S/2C9H20N2.2CHO.Ru/c2*1-6-7-8(10-5)11-9(2,3)4;2*1-2;/h2*8H,6-7H2,1-5H3;2*1H;/q2*-2;2*-1;+6. The molecule has 0 saturated carbocycles. The van der Waals surface area contributed by atoms with Gasteiger partial charge in [-0.25, -0.2) is 12.3 Å². The van der Waals surface area contributed by atoms with Crippen molar-refractivity contribution in [1.82, 2.24) is 0 Å². The van der Waals surface area contributed by atoms with Crippen molar-refractivity contribution in [3.05, 3.63) is 21.3 Å². The van der Waals surface area contributed by atoms with E-state index < -0.39 is 0 Å². The Morgan fingerprint density at radius 1 is 0.667 bits per heavy atom. The van der Waals surface area contributed by atoms with Gasteiger partial charge in [-0.3, -0.25) is 13.6 Å². The summed E-state index contributed by atoms with van der Waals surface area (Å²) in [7, 11) is 3.69. The molecule has 2 unspecified atom stereocenters. The number of hydrogen-bond donors (Lipinski definition) is 0. The molecule has 0 aliphatic carbocycles. The normalized spacial score (nSPS) is 12.5. The van der Waals surface area contributed by atoms with Crippen LogP contribution in [0.25, 0.3) is 21.3 Å². The first kappa shape index (κ1) is 37.5. The van der Waals surface area contributed by atoms with Crippen LogP contribution in [-0.4, -0.2) is 51.1 Å². The Labute approximate surface area is 182 Å². The van der Waals surface area contributed by atoms with Crippen LogP contribution < -0.4 is 0 Å². The van der Waals surface area contributed by atoms with E-state index in [2.05, 4.69) is 90.2 Å². The minimum Gasteiger partial charge on any atom is -0.681 e. The van der Waals surface area contributed by atoms with E-state index in [9.17, 15) is 0 Å². The van der Waals surface area contributed by atoms with E-state index >= 15 is 0 Å². The average Bonchev–Trinajstić information content (AvgIpc) is 2.56. The van der Waals surface area contributed by atoms with Crippen molar-refractivity contribution in [3.8, 4) is 0 Å². The van der Waals surface area contributed by atoms with Crippen molar-refractivity contribution in [2.45, 2.75) is 104 Å². The van der Waals surface area contributed by atoms with Crippen molar-refractivity contribution in [2.75, 3.05) is 14.1 Å². The molecular formula is C20H42N4O2Ru. The second-order valence-corrected chi connectivity index (χ2v) is 7.65. The predicted molar refractivity (Wildman–Crippen MR) is 116 cm³/mol. The molecule has 0 aliphatic rings. The zero-order chi connectivity index (χ0) is 21.8. The van der Waals surface area contributed by atoms with Crippen LogP contribution in [-0.2, 0) is 29.1 Å². The molecule has 0 N–H and O–H groups in total. The van der Waals surface area contributed by atoms with Crippen molar-refractivity contribution in [1.29, 1.82) is 0 Å². The Hall–Kier alpha value is -0.197. The van der Waals surface area contributed by atoms with E-state index in [1.807, 2.05) is 14.1 Å². The molecule has 162 valence electrons. The first-order valence-corrected chi connectivity index (χ1v) is 9.08. The average molecular weight is 472 g/mol. The smallest absolute Gasteiger partial charge is 0.681 e. The van der Waals surface area contributed by atoms with Gasteiger partial charge in [-0.2, -0.15) is 14.1 Å². The van der Waals surface area contributed by atoms with Gasteiger partial charge in [0.15, 0.2) is 0 Å². The minimum atomic E-state index is 0. The molecule has 0 spiro atoms. The van der Waals surface area contributed by atoms with Crippen LogP contribution in [0.1, 0.15) is 81.1 Å². The summed E-state index contributed by atoms with van der Waals surface area (Å²) in [5.74, 6) is 0. The largest absolute Gasteiger partial charge is 6.00 e. The van der Waals surface area contributed by atoms with Crippen LogP contribution >= 0.6 is 0 Å². The van der Waals surface area contributed by atoms with Gasteiger partial charge >= 0.3 is 19.5 Å². The van der Waals surface area contributed by atoms with E-state index in [1.54, 1.807) is 0 Å². The summed E-state index contributed by atoms with van der Waals surface area (Å²) >= 11 is 0. The molecule has 0 aromatic heterocycles. The molecule has 0 aromatic rings. The fraction of sp³-hybridized carbons (Fsp3) is 0.900. The fourth-order valence-corrected chi connectivity index (χ4v) is 1.91. The Balaban J connectivity index is -0.0000000975. The monoisotopic (exact) mass is 472 g/mol. The van der Waals surface area contributed by atoms with E-state index in [0.717, 1.165) is 25.7 Å². The van der Waals surface area contributed by atoms with Gasteiger partial charge in [-0.05, 0) is 0 Å². The van der Waals surface area contributed by atoms with Gasteiger partial charge in [0.2, 0.25) is 0 Å². The molecule has 0 rings (SSSR count). The van der Waals surface area contributed by atoms with Crippen molar-refractivity contribution in [2.24, 2.45) is 0 Å². The maximum atomic E-state index is 7.75. The summed E-state index contributed by atoms with van der Waals surface area (Å²) in [4.78, 5) is 15.5. The van der Waals surface area contributed by atoms with Gasteiger partial charge in [-0.15, -0.1) is 11.1 Å². The SMILES string of the molecule is CCCC([N-]C)[N-]C(C)(C)C.CCCC([N-]C)[N-]C(C)(C)C.[CH-]=O.[CH-]=O.[Ru+6]. The van der Waals surface area contributed by atoms with E-state index in [1.165, 1.54) is 0 Å². The Kier molecular flexibility index (Phi) is 33.1. The maximum absolute atomic E-state index is 7.75. The molecule has 6 nitrogen and oxygen atoms in total. The van der Waals surface area contributed by atoms with Crippen LogP contribution in [0.4, 0.5) is 0 Å². The Morgan fingerprint density at radius 2 is 0.889 bits per heavy atom. The predicted octanol–water partition coefficient (Wildman–Crippen LogP) is 6.03. The van der Waals surface area contributed by atoms with Crippen LogP contribution in [0.15, 0.2) is 0 Å². The van der Waals surface area contributed by atoms with Gasteiger partial charge in [0.25, 0.3) is 0 Å². The van der Waals surface area contributed by atoms with Crippen molar-refractivity contribution >= 4 is 13.6 Å². The molecule has 7 heteroatoms. The van der Waals surface area contributed by atoms with Crippen LogP contribution in [0, 0.1) is 0 Å². The third kappa shape index (κ3) is 37.3. The van der Waals surface area contributed by atoms with Crippen LogP contribution in [0.3, 0.4) is 0 Å². The van der Waals surface area contributed by atoms with Gasteiger partial charge in [-0.1, -0.05) is 81.1 Å². The Morgan fingerprint density at radius 3 is 1.00 bits per heavy atom. The third-order valence-electron chi connectivity index (χ3n) is 2.76. The second-order valence-electron chi connectivity index (χ2n) is 7.65. The molecule has 0 amide bonds. The van der Waals surface area contributed by atoms with E-state index in [4.69, 9.17) is 9.59 Å². The maximum Gasteiger partial charge on any atom is 6.00 e. The summed E-state index contributed by atoms with van der Waals surface area (Å²) in [5, 5.41) is 17.5. The molecule has 0 radical (unpaired) electrons. The molecule has 0 fully saturated rings. The molecule has 0 saturated heterocycles. The molecule has 0 heterocycles. The third-order valence-corrected chi connectivity index (χ3v) is 2.76. The summed E-state index contributed by atoms with van der Waals surface area (Å²) in [5.41, 5.74) is 0.110. The summed E-state index contributed by atoms with van der Waals surface area (Å²) in [6.45, 7) is 23.5. The zero-order valence-corrected chi connectivity index (χ0v) is 20.8. The number of nitrogens with zero attached hydrogens (tertiary/aromatic N) is 4. The molecule has 2 atom stereocenters. The van der Waals surface area contributed by atoms with Gasteiger partial charge in [0.1, 0.15) is 0 Å². The number of carbonyl (C=O) groups excluding carboxylic acids is 2. The van der Waals surface area contributed by atoms with Crippen molar-refractivity contribution < 1.29 is 29.1 Å². The van der Waals surface area contributed by atoms with Gasteiger partial charge < -0.3 is 30.9 Å². The van der Waals surface area contributed by atoms with Gasteiger partial charge in [0.05, 0.1) is 0 Å². The molecule has 0 aliphatic heterocycles. The molecular weight excluding hydrogens is 429 g/mol. The Bertz CT molecular complexity index is 254. The van der Waals surface area contributed by atoms with Gasteiger partial charge in [0, 0.05) is 0 Å². The number of hydrogen-bond acceptors (Lipinski definition) is 2. The molecule has 0 bridgehead atoms. The summed E-state index contributed by atoms with van der Waals surface area (Å²) < 4.78 is 0. The van der Waals surface area contributed by atoms with Crippen LogP contribution in [0.5, 0.6) is 0 Å². The zero-order valence-electron chi connectivity index (χ0n) is 19.1. The summed E-state index contributed by atoms with van der Waals surface area (Å²) in [6, 6.07) is 0. The molecule has 27 heavy (non-hydrogen) atoms. The minimum absolute atomic E-state index is 0. The van der Waals surface area contributed by atoms with E-state index in [0.29, 0.717) is 0 Å². The second kappa shape index (κ2) is 23.8.